The van der Waals surface area contributed by atoms with E-state index >= 15 is 0 Å². The summed E-state index contributed by atoms with van der Waals surface area (Å²) in [5.74, 6) is 0. The first-order chi connectivity index (χ1) is 11.3. The van der Waals surface area contributed by atoms with Gasteiger partial charge in [-0.2, -0.15) is 8.42 Å². The Hall–Kier alpha value is -2.31. The van der Waals surface area contributed by atoms with Crippen LogP contribution in [0.4, 0.5) is 0 Å². The second-order valence-electron chi connectivity index (χ2n) is 4.59. The fraction of sp³-hybridized carbons (Fsp3) is 0.222. The quantitative estimate of drug-likeness (QED) is 0.775. The van der Waals surface area contributed by atoms with Crippen molar-refractivity contribution in [2.75, 3.05) is 7.11 Å². The molecule has 0 bridgehead atoms. The van der Waals surface area contributed by atoms with Crippen molar-refractivity contribution in [2.24, 2.45) is 0 Å². The second kappa shape index (κ2) is 13.2. The predicted molar refractivity (Wildman–Crippen MR) is 95.5 cm³/mol. The molecule has 0 aromatic heterocycles. The third-order valence-electron chi connectivity index (χ3n) is 2.75. The lowest BCUT2D eigenvalue weighted by Gasteiger charge is -2.00. The van der Waals surface area contributed by atoms with E-state index in [1.165, 1.54) is 23.3 Å². The molecule has 0 fully saturated rings. The molecule has 0 spiro atoms. The van der Waals surface area contributed by atoms with E-state index in [9.17, 15) is 8.42 Å². The van der Waals surface area contributed by atoms with Gasteiger partial charge in [0.25, 0.3) is 10.1 Å². The number of rotatable bonds is 2. The van der Waals surface area contributed by atoms with Crippen LogP contribution in [0.15, 0.2) is 53.4 Å². The van der Waals surface area contributed by atoms with Crippen LogP contribution in [-0.2, 0) is 23.9 Å². The van der Waals surface area contributed by atoms with Gasteiger partial charge in [-0.3, -0.25) is 4.18 Å². The summed E-state index contributed by atoms with van der Waals surface area (Å²) >= 11 is 0. The van der Waals surface area contributed by atoms with Crippen LogP contribution in [0.25, 0.3) is 0 Å². The maximum Gasteiger partial charge on any atom is 0.296 e. The molecule has 0 unspecified atom stereocenters. The van der Waals surface area contributed by atoms with Crippen molar-refractivity contribution >= 4 is 23.7 Å². The average Bonchev–Trinajstić information content (AvgIpc) is 2.62. The first-order valence-electron chi connectivity index (χ1n) is 6.83. The summed E-state index contributed by atoms with van der Waals surface area (Å²) in [5, 5.41) is 0. The molecular formula is C18H24O5S. The van der Waals surface area contributed by atoms with Crippen molar-refractivity contribution in [3.05, 3.63) is 65.2 Å². The van der Waals surface area contributed by atoms with Gasteiger partial charge in [-0.15, -0.1) is 0 Å². The van der Waals surface area contributed by atoms with Crippen LogP contribution >= 0.6 is 0 Å². The number of carbonyl (C=O) groups excluding carboxylic acids is 2. The third kappa shape index (κ3) is 9.66. The van der Waals surface area contributed by atoms with Crippen LogP contribution in [0.1, 0.15) is 16.7 Å². The van der Waals surface area contributed by atoms with E-state index in [0.717, 1.165) is 12.7 Å². The Morgan fingerprint density at radius 2 is 0.917 bits per heavy atom. The van der Waals surface area contributed by atoms with Gasteiger partial charge in [0.15, 0.2) is 0 Å². The molecule has 0 amide bonds. The van der Waals surface area contributed by atoms with Gasteiger partial charge in [0, 0.05) is 0 Å². The molecule has 0 aliphatic carbocycles. The van der Waals surface area contributed by atoms with Gasteiger partial charge in [-0.05, 0) is 32.9 Å². The lowest BCUT2D eigenvalue weighted by Crippen LogP contribution is -2.02. The Bertz CT molecular complexity index is 639. The first-order valence-corrected chi connectivity index (χ1v) is 8.24. The van der Waals surface area contributed by atoms with E-state index < -0.39 is 10.1 Å². The molecule has 0 saturated heterocycles. The average molecular weight is 352 g/mol. The fourth-order valence-corrected chi connectivity index (χ4v) is 2.10. The topological polar surface area (TPSA) is 77.5 Å². The molecule has 0 atom stereocenters. The summed E-state index contributed by atoms with van der Waals surface area (Å²) in [6.45, 7) is 10.1. The van der Waals surface area contributed by atoms with Gasteiger partial charge >= 0.3 is 0 Å². The summed E-state index contributed by atoms with van der Waals surface area (Å²) in [4.78, 5) is 16.2. The van der Waals surface area contributed by atoms with Crippen molar-refractivity contribution in [3.8, 4) is 0 Å². The Balaban J connectivity index is 0. The minimum Gasteiger partial charge on any atom is -0.307 e. The van der Waals surface area contributed by atoms with Crippen LogP contribution in [0.3, 0.4) is 0 Å². The molecule has 0 aliphatic rings. The number of hydrogen-bond donors (Lipinski definition) is 0. The Morgan fingerprint density at radius 1 is 0.667 bits per heavy atom. The van der Waals surface area contributed by atoms with Crippen molar-refractivity contribution < 1.29 is 22.2 Å². The molecule has 0 saturated carbocycles. The molecule has 6 heteroatoms. The minimum atomic E-state index is -3.51. The highest BCUT2D eigenvalue weighted by atomic mass is 32.2. The summed E-state index contributed by atoms with van der Waals surface area (Å²) in [5.41, 5.74) is 3.68. The standard InChI is InChI=1S/C8H10O3S.C8H10.2CH2O/c1-7-3-5-8(6-4-7)12(9,10)11-2;1-7-3-5-8(2)6-4-7;2*1-2/h3-6H,1-2H3;3-6H,1-2H3;2*1H2. The monoisotopic (exact) mass is 352 g/mol. The van der Waals surface area contributed by atoms with Crippen molar-refractivity contribution in [1.82, 2.24) is 0 Å². The zero-order valence-electron chi connectivity index (χ0n) is 14.5. The van der Waals surface area contributed by atoms with Crippen LogP contribution in [-0.4, -0.2) is 29.1 Å². The van der Waals surface area contributed by atoms with Gasteiger partial charge in [-0.25, -0.2) is 0 Å². The highest BCUT2D eigenvalue weighted by Gasteiger charge is 2.10. The second-order valence-corrected chi connectivity index (χ2v) is 6.30. The number of carbonyl (C=O) groups is 2. The van der Waals surface area contributed by atoms with E-state index in [4.69, 9.17) is 9.59 Å². The van der Waals surface area contributed by atoms with Gasteiger partial charge in [-0.1, -0.05) is 53.1 Å². The van der Waals surface area contributed by atoms with Crippen LogP contribution in [0.5, 0.6) is 0 Å². The molecular weight excluding hydrogens is 328 g/mol. The van der Waals surface area contributed by atoms with E-state index in [0.29, 0.717) is 0 Å². The Kier molecular flexibility index (Phi) is 13.1. The zero-order valence-corrected chi connectivity index (χ0v) is 15.3. The molecule has 132 valence electrons. The smallest absolute Gasteiger partial charge is 0.296 e. The van der Waals surface area contributed by atoms with Crippen LogP contribution in [0, 0.1) is 20.8 Å². The lowest BCUT2D eigenvalue weighted by atomic mass is 10.2. The molecule has 2 aromatic carbocycles. The highest BCUT2D eigenvalue weighted by Crippen LogP contribution is 2.11. The maximum atomic E-state index is 11.1. The molecule has 5 nitrogen and oxygen atoms in total. The molecule has 0 aliphatic heterocycles. The van der Waals surface area contributed by atoms with E-state index in [2.05, 4.69) is 42.3 Å². The van der Waals surface area contributed by atoms with Gasteiger partial charge in [0.1, 0.15) is 13.6 Å². The van der Waals surface area contributed by atoms with E-state index in [1.807, 2.05) is 20.5 Å². The summed E-state index contributed by atoms with van der Waals surface area (Å²) < 4.78 is 26.5. The predicted octanol–water partition coefficient (Wildman–Crippen LogP) is 3.26. The summed E-state index contributed by atoms with van der Waals surface area (Å²) in [6.07, 6.45) is 0. The number of benzene rings is 2. The largest absolute Gasteiger partial charge is 0.307 e. The molecule has 2 aromatic rings. The van der Waals surface area contributed by atoms with Crippen LogP contribution < -0.4 is 0 Å². The lowest BCUT2D eigenvalue weighted by molar-refractivity contribution is -0.0987. The summed E-state index contributed by atoms with van der Waals surface area (Å²) in [6, 6.07) is 15.0. The first kappa shape index (κ1) is 23.9. The number of hydrogen-bond acceptors (Lipinski definition) is 5. The zero-order chi connectivity index (χ0) is 19.2. The van der Waals surface area contributed by atoms with Gasteiger partial charge in [0.05, 0.1) is 12.0 Å². The van der Waals surface area contributed by atoms with Gasteiger partial charge < -0.3 is 9.59 Å². The Labute approximate surface area is 144 Å². The SMILES string of the molecule is C=O.C=O.COS(=O)(=O)c1ccc(C)cc1.Cc1ccc(C)cc1. The highest BCUT2D eigenvalue weighted by molar-refractivity contribution is 7.86. The van der Waals surface area contributed by atoms with Crippen LogP contribution in [0.2, 0.25) is 0 Å². The normalized spacial score (nSPS) is 9.17. The molecule has 0 heterocycles. The summed E-state index contributed by atoms with van der Waals surface area (Å²) in [7, 11) is -2.37. The molecule has 0 radical (unpaired) electrons. The third-order valence-corrected chi connectivity index (χ3v) is 4.04. The molecule has 0 N–H and O–H groups in total. The van der Waals surface area contributed by atoms with Crippen molar-refractivity contribution in [2.45, 2.75) is 25.7 Å². The van der Waals surface area contributed by atoms with E-state index in [1.54, 1.807) is 12.1 Å². The van der Waals surface area contributed by atoms with Crippen molar-refractivity contribution in [3.63, 3.8) is 0 Å². The van der Waals surface area contributed by atoms with Gasteiger partial charge in [0.2, 0.25) is 0 Å². The van der Waals surface area contributed by atoms with Crippen molar-refractivity contribution in [1.29, 1.82) is 0 Å². The Morgan fingerprint density at radius 3 is 1.17 bits per heavy atom. The number of aryl methyl sites for hydroxylation is 3. The minimum absolute atomic E-state index is 0.190. The van der Waals surface area contributed by atoms with E-state index in [-0.39, 0.29) is 4.90 Å². The fourth-order valence-electron chi connectivity index (χ4n) is 1.44. The molecule has 2 rings (SSSR count). The molecule has 24 heavy (non-hydrogen) atoms. The maximum absolute atomic E-state index is 11.1.